The van der Waals surface area contributed by atoms with Crippen molar-refractivity contribution in [2.75, 3.05) is 19.8 Å². The van der Waals surface area contributed by atoms with Gasteiger partial charge in [0.1, 0.15) is 0 Å². The Kier molecular flexibility index (Phi) is 21.1. The van der Waals surface area contributed by atoms with Gasteiger partial charge in [0.2, 0.25) is 0 Å². The second-order valence-electron chi connectivity index (χ2n) is 3.00. The predicted molar refractivity (Wildman–Crippen MR) is 56.6 cm³/mol. The molecule has 13 heavy (non-hydrogen) atoms. The Morgan fingerprint density at radius 2 is 1.38 bits per heavy atom. The molecule has 0 amide bonds. The third-order valence-corrected chi connectivity index (χ3v) is 1.62. The van der Waals surface area contributed by atoms with Crippen molar-refractivity contribution in [3.63, 3.8) is 0 Å². The van der Waals surface area contributed by atoms with Crippen molar-refractivity contribution in [3.05, 3.63) is 0 Å². The molecule has 0 aliphatic heterocycles. The van der Waals surface area contributed by atoms with E-state index in [1.54, 1.807) is 0 Å². The molecule has 0 aliphatic rings. The zero-order valence-corrected chi connectivity index (χ0v) is 8.84. The fourth-order valence-electron chi connectivity index (χ4n) is 0.768. The third-order valence-electron chi connectivity index (χ3n) is 1.62. The van der Waals surface area contributed by atoms with E-state index in [-0.39, 0.29) is 0 Å². The van der Waals surface area contributed by atoms with Crippen molar-refractivity contribution < 1.29 is 10.2 Å². The van der Waals surface area contributed by atoms with E-state index in [9.17, 15) is 0 Å². The van der Waals surface area contributed by atoms with Gasteiger partial charge in [-0.2, -0.15) is 0 Å². The van der Waals surface area contributed by atoms with Crippen molar-refractivity contribution in [3.8, 4) is 0 Å². The van der Waals surface area contributed by atoms with Crippen molar-refractivity contribution in [2.45, 2.75) is 45.4 Å². The highest BCUT2D eigenvalue weighted by Crippen LogP contribution is 1.95. The monoisotopic (exact) mass is 191 g/mol. The summed E-state index contributed by atoms with van der Waals surface area (Å²) in [7, 11) is 0. The van der Waals surface area contributed by atoms with Crippen LogP contribution in [0.15, 0.2) is 0 Å². The molecule has 0 radical (unpaired) electrons. The fraction of sp³-hybridized carbons (Fsp3) is 1.00. The van der Waals surface area contributed by atoms with E-state index in [0.29, 0.717) is 13.2 Å². The highest BCUT2D eigenvalue weighted by molar-refractivity contribution is 4.41. The van der Waals surface area contributed by atoms with Gasteiger partial charge in [0.05, 0.1) is 0 Å². The van der Waals surface area contributed by atoms with Gasteiger partial charge in [0, 0.05) is 13.2 Å². The van der Waals surface area contributed by atoms with Crippen LogP contribution in [0, 0.1) is 0 Å². The summed E-state index contributed by atoms with van der Waals surface area (Å²) in [5, 5.41) is 16.4. The molecule has 0 aromatic carbocycles. The molecule has 0 bridgehead atoms. The average Bonchev–Trinajstić information content (AvgIpc) is 2.15. The van der Waals surface area contributed by atoms with Crippen molar-refractivity contribution >= 4 is 0 Å². The van der Waals surface area contributed by atoms with E-state index >= 15 is 0 Å². The maximum absolute atomic E-state index is 8.33. The van der Waals surface area contributed by atoms with Crippen LogP contribution >= 0.6 is 0 Å². The standard InChI is InChI=1S/C6H15NO.C4H10O/c7-5-3-1-2-4-6-8;1-2-3-4-5/h8H,1-7H2;5H,2-4H2,1H3. The molecule has 0 heterocycles. The van der Waals surface area contributed by atoms with E-state index in [0.717, 1.165) is 45.1 Å². The number of aliphatic hydroxyl groups excluding tert-OH is 2. The molecular weight excluding hydrogens is 166 g/mol. The molecule has 4 N–H and O–H groups in total. The predicted octanol–water partition coefficient (Wildman–Crippen LogP) is 1.28. The summed E-state index contributed by atoms with van der Waals surface area (Å²) in [6, 6.07) is 0. The van der Waals surface area contributed by atoms with Crippen molar-refractivity contribution in [2.24, 2.45) is 5.73 Å². The van der Waals surface area contributed by atoms with E-state index in [2.05, 4.69) is 6.92 Å². The lowest BCUT2D eigenvalue weighted by Gasteiger charge is -1.93. The van der Waals surface area contributed by atoms with E-state index in [4.69, 9.17) is 15.9 Å². The first-order valence-corrected chi connectivity index (χ1v) is 5.25. The Bertz CT molecular complexity index is 61.9. The van der Waals surface area contributed by atoms with Gasteiger partial charge in [-0.25, -0.2) is 0 Å². The van der Waals surface area contributed by atoms with Crippen LogP contribution in [0.2, 0.25) is 0 Å². The van der Waals surface area contributed by atoms with Gasteiger partial charge in [-0.3, -0.25) is 0 Å². The minimum Gasteiger partial charge on any atom is -0.396 e. The highest BCUT2D eigenvalue weighted by atomic mass is 16.3. The van der Waals surface area contributed by atoms with Crippen LogP contribution in [0.4, 0.5) is 0 Å². The lowest BCUT2D eigenvalue weighted by Crippen LogP contribution is -1.97. The van der Waals surface area contributed by atoms with Gasteiger partial charge >= 0.3 is 0 Å². The summed E-state index contributed by atoms with van der Waals surface area (Å²) < 4.78 is 0. The van der Waals surface area contributed by atoms with E-state index < -0.39 is 0 Å². The second-order valence-corrected chi connectivity index (χ2v) is 3.00. The quantitative estimate of drug-likeness (QED) is 0.531. The maximum atomic E-state index is 8.33. The smallest absolute Gasteiger partial charge is 0.0431 e. The summed E-state index contributed by atoms with van der Waals surface area (Å²) in [6.45, 7) is 3.50. The summed E-state index contributed by atoms with van der Waals surface area (Å²) in [5.41, 5.74) is 5.25. The molecule has 0 unspecified atom stereocenters. The zero-order valence-electron chi connectivity index (χ0n) is 8.84. The highest BCUT2D eigenvalue weighted by Gasteiger charge is 1.84. The van der Waals surface area contributed by atoms with Crippen LogP contribution in [-0.2, 0) is 0 Å². The Morgan fingerprint density at radius 3 is 1.69 bits per heavy atom. The summed E-state index contributed by atoms with van der Waals surface area (Å²) >= 11 is 0. The molecule has 0 saturated heterocycles. The lowest BCUT2D eigenvalue weighted by atomic mass is 10.2. The van der Waals surface area contributed by atoms with E-state index in [1.807, 2.05) is 0 Å². The molecule has 0 atom stereocenters. The maximum Gasteiger partial charge on any atom is 0.0431 e. The molecule has 0 rings (SSSR count). The Morgan fingerprint density at radius 1 is 0.846 bits per heavy atom. The first-order chi connectivity index (χ1) is 6.33. The van der Waals surface area contributed by atoms with Gasteiger partial charge < -0.3 is 15.9 Å². The minimum absolute atomic E-state index is 0.324. The zero-order chi connectivity index (χ0) is 10.4. The normalized spacial score (nSPS) is 9.23. The number of rotatable bonds is 7. The molecule has 3 heteroatoms. The van der Waals surface area contributed by atoms with Crippen LogP contribution in [-0.4, -0.2) is 30.0 Å². The molecular formula is C10H25NO2. The first-order valence-electron chi connectivity index (χ1n) is 5.25. The number of hydrogen-bond acceptors (Lipinski definition) is 3. The van der Waals surface area contributed by atoms with Gasteiger partial charge in [0.15, 0.2) is 0 Å². The number of unbranched alkanes of at least 4 members (excludes halogenated alkanes) is 4. The van der Waals surface area contributed by atoms with Crippen LogP contribution in [0.5, 0.6) is 0 Å². The molecule has 82 valence electrons. The van der Waals surface area contributed by atoms with E-state index in [1.165, 1.54) is 0 Å². The Hall–Kier alpha value is -0.120. The Balaban J connectivity index is 0. The van der Waals surface area contributed by atoms with Crippen LogP contribution < -0.4 is 5.73 Å². The molecule has 0 fully saturated rings. The summed E-state index contributed by atoms with van der Waals surface area (Å²) in [6.07, 6.45) is 6.35. The number of hydrogen-bond donors (Lipinski definition) is 3. The van der Waals surface area contributed by atoms with Crippen molar-refractivity contribution in [1.82, 2.24) is 0 Å². The topological polar surface area (TPSA) is 66.5 Å². The molecule has 0 aromatic rings. The van der Waals surface area contributed by atoms with Gasteiger partial charge in [-0.05, 0) is 25.8 Å². The minimum atomic E-state index is 0.324. The van der Waals surface area contributed by atoms with Crippen molar-refractivity contribution in [1.29, 1.82) is 0 Å². The first kappa shape index (κ1) is 15.4. The number of nitrogens with two attached hydrogens (primary N) is 1. The Labute approximate surface area is 82.0 Å². The summed E-state index contributed by atoms with van der Waals surface area (Å²) in [5.74, 6) is 0. The molecule has 0 aliphatic carbocycles. The van der Waals surface area contributed by atoms with Gasteiger partial charge in [-0.1, -0.05) is 26.2 Å². The average molecular weight is 191 g/mol. The molecule has 0 saturated carbocycles. The third kappa shape index (κ3) is 24.5. The number of aliphatic hydroxyl groups is 2. The molecule has 0 aromatic heterocycles. The lowest BCUT2D eigenvalue weighted by molar-refractivity contribution is 0.282. The molecule has 0 spiro atoms. The van der Waals surface area contributed by atoms with Crippen LogP contribution in [0.25, 0.3) is 0 Å². The molecule has 3 nitrogen and oxygen atoms in total. The van der Waals surface area contributed by atoms with Crippen LogP contribution in [0.1, 0.15) is 45.4 Å². The van der Waals surface area contributed by atoms with Gasteiger partial charge in [0.25, 0.3) is 0 Å². The SMILES string of the molecule is CCCCO.NCCCCCCO. The second kappa shape index (κ2) is 17.8. The van der Waals surface area contributed by atoms with Crippen LogP contribution in [0.3, 0.4) is 0 Å². The summed E-state index contributed by atoms with van der Waals surface area (Å²) in [4.78, 5) is 0. The van der Waals surface area contributed by atoms with Gasteiger partial charge in [-0.15, -0.1) is 0 Å². The largest absolute Gasteiger partial charge is 0.396 e. The fourth-order valence-corrected chi connectivity index (χ4v) is 0.768.